The van der Waals surface area contributed by atoms with Gasteiger partial charge in [-0.05, 0) is 56.4 Å². The van der Waals surface area contributed by atoms with E-state index in [9.17, 15) is 4.79 Å². The van der Waals surface area contributed by atoms with Gasteiger partial charge in [0.15, 0.2) is 0 Å². The fourth-order valence-corrected chi connectivity index (χ4v) is 6.29. The monoisotopic (exact) mass is 370 g/mol. The molecule has 0 spiro atoms. The molecule has 6 heteroatoms. The minimum absolute atomic E-state index is 0.166. The highest BCUT2D eigenvalue weighted by Gasteiger charge is 2.48. The second-order valence-corrected chi connectivity index (χ2v) is 14.6. The van der Waals surface area contributed by atoms with Crippen molar-refractivity contribution < 1.29 is 4.79 Å². The Kier molecular flexibility index (Phi) is 4.04. The molecule has 3 heterocycles. The molecule has 3 atom stereocenters. The van der Waals surface area contributed by atoms with Crippen molar-refractivity contribution in [1.29, 1.82) is 0 Å². The van der Waals surface area contributed by atoms with Gasteiger partial charge in [-0.25, -0.2) is 4.98 Å². The molecule has 1 aliphatic carbocycles. The Morgan fingerprint density at radius 3 is 2.62 bits per heavy atom. The van der Waals surface area contributed by atoms with Gasteiger partial charge < -0.3 is 15.0 Å². The summed E-state index contributed by atoms with van der Waals surface area (Å²) >= 11 is 0. The summed E-state index contributed by atoms with van der Waals surface area (Å²) in [5.74, 6) is 2.26. The minimum atomic E-state index is -1.46. The first-order chi connectivity index (χ1) is 12.2. The third-order valence-corrected chi connectivity index (χ3v) is 8.15. The average molecular weight is 371 g/mol. The van der Waals surface area contributed by atoms with Gasteiger partial charge >= 0.3 is 0 Å². The maximum absolute atomic E-state index is 12.9. The number of piperidine rings is 2. The summed E-state index contributed by atoms with van der Waals surface area (Å²) in [5.41, 5.74) is 0.674. The van der Waals surface area contributed by atoms with Gasteiger partial charge in [0, 0.05) is 12.1 Å². The number of imidazole rings is 1. The highest BCUT2D eigenvalue weighted by atomic mass is 28.3. The predicted molar refractivity (Wildman–Crippen MR) is 107 cm³/mol. The number of hydrogen-bond acceptors (Lipinski definition) is 3. The largest absolute Gasteiger partial charge is 0.344 e. The molecule has 5 nitrogen and oxygen atoms in total. The Hall–Kier alpha value is -1.66. The second-order valence-electron chi connectivity index (χ2n) is 9.56. The van der Waals surface area contributed by atoms with E-state index < -0.39 is 13.6 Å². The third kappa shape index (κ3) is 2.79. The van der Waals surface area contributed by atoms with Gasteiger partial charge in [-0.2, -0.15) is 0 Å². The van der Waals surface area contributed by atoms with Crippen LogP contribution in [0.25, 0.3) is 5.52 Å². The molecular weight excluding hydrogens is 340 g/mol. The number of rotatable bonds is 4. The van der Waals surface area contributed by atoms with Crippen LogP contribution in [0.4, 0.5) is 0 Å². The summed E-state index contributed by atoms with van der Waals surface area (Å²) in [6.07, 6.45) is 5.23. The first-order valence-corrected chi connectivity index (χ1v) is 13.2. The quantitative estimate of drug-likeness (QED) is 0.810. The fourth-order valence-electron chi connectivity index (χ4n) is 4.74. The molecule has 1 saturated heterocycles. The van der Waals surface area contributed by atoms with Gasteiger partial charge in [-0.1, -0.05) is 25.7 Å². The van der Waals surface area contributed by atoms with Crippen molar-refractivity contribution in [2.75, 3.05) is 13.1 Å². The smallest absolute Gasteiger partial charge is 0.224 e. The fraction of sp³-hybridized carbons (Fsp3) is 0.600. The van der Waals surface area contributed by atoms with E-state index in [-0.39, 0.29) is 11.8 Å². The van der Waals surface area contributed by atoms with E-state index in [0.29, 0.717) is 11.8 Å². The van der Waals surface area contributed by atoms with E-state index in [4.69, 9.17) is 4.98 Å². The Bertz CT molecular complexity index is 837. The highest BCUT2D eigenvalue weighted by Crippen LogP contribution is 2.43. The van der Waals surface area contributed by atoms with Crippen LogP contribution in [0.5, 0.6) is 0 Å². The van der Waals surface area contributed by atoms with Crippen LogP contribution < -0.4 is 15.8 Å². The zero-order chi connectivity index (χ0) is 18.7. The van der Waals surface area contributed by atoms with Crippen LogP contribution in [0.3, 0.4) is 0 Å². The Balaban J connectivity index is 1.63. The average Bonchev–Trinajstić information content (AvgIpc) is 2.98. The van der Waals surface area contributed by atoms with E-state index in [2.05, 4.69) is 66.9 Å². The molecule has 2 fully saturated rings. The number of hydrogen-bond donors (Lipinski definition) is 2. The molecule has 26 heavy (non-hydrogen) atoms. The van der Waals surface area contributed by atoms with Crippen LogP contribution in [0.15, 0.2) is 24.5 Å². The summed E-state index contributed by atoms with van der Waals surface area (Å²) in [6, 6.07) is 4.33. The molecule has 2 aliphatic rings. The van der Waals surface area contributed by atoms with E-state index in [0.717, 1.165) is 18.9 Å². The SMILES string of the molecule is CC(C)(NC(=O)[C@H]1[C@@H]2CNC[C@H]1C2)c1ncc2c([Si](C)(C)C)cccn12. The molecule has 2 N–H and O–H groups in total. The van der Waals surface area contributed by atoms with Crippen molar-refractivity contribution in [3.63, 3.8) is 0 Å². The molecule has 0 unspecified atom stereocenters. The summed E-state index contributed by atoms with van der Waals surface area (Å²) in [5, 5.41) is 8.12. The highest BCUT2D eigenvalue weighted by molar-refractivity contribution is 6.90. The Labute approximate surface area is 156 Å². The summed E-state index contributed by atoms with van der Waals surface area (Å²) in [7, 11) is -1.46. The second kappa shape index (κ2) is 5.92. The molecule has 4 rings (SSSR count). The Morgan fingerprint density at radius 2 is 2.00 bits per heavy atom. The van der Waals surface area contributed by atoms with Crippen LogP contribution >= 0.6 is 0 Å². The van der Waals surface area contributed by atoms with Gasteiger partial charge in [-0.15, -0.1) is 0 Å². The molecule has 2 bridgehead atoms. The molecule has 1 aliphatic heterocycles. The third-order valence-electron chi connectivity index (χ3n) is 6.11. The first-order valence-electron chi connectivity index (χ1n) is 9.68. The Morgan fingerprint density at radius 1 is 1.31 bits per heavy atom. The van der Waals surface area contributed by atoms with Gasteiger partial charge in [0.25, 0.3) is 0 Å². The standard InChI is InChI=1S/C20H30N4OSi/c1-20(2,23-18(25)17-13-9-14(17)11-21-10-13)19-22-12-15-16(26(3,4)5)7-6-8-24(15)19/h6-8,12-14,17,21H,9-11H2,1-5H3,(H,23,25)/t13-,14+,17-. The molecule has 140 valence electrons. The van der Waals surface area contributed by atoms with Crippen LogP contribution in [0.1, 0.15) is 26.1 Å². The van der Waals surface area contributed by atoms with Crippen LogP contribution in [-0.4, -0.2) is 36.5 Å². The van der Waals surface area contributed by atoms with Gasteiger partial charge in [0.1, 0.15) is 5.82 Å². The molecule has 1 amide bonds. The van der Waals surface area contributed by atoms with E-state index in [1.165, 1.54) is 17.1 Å². The van der Waals surface area contributed by atoms with Crippen LogP contribution in [0, 0.1) is 17.8 Å². The molecule has 0 aromatic carbocycles. The van der Waals surface area contributed by atoms with Crippen molar-refractivity contribution in [3.8, 4) is 0 Å². The molecule has 2 aromatic heterocycles. The molecule has 2 aromatic rings. The van der Waals surface area contributed by atoms with E-state index >= 15 is 0 Å². The molecule has 0 radical (unpaired) electrons. The zero-order valence-electron chi connectivity index (χ0n) is 16.5. The number of nitrogens with zero attached hydrogens (tertiary/aromatic N) is 2. The normalized spacial score (nSPS) is 25.8. The van der Waals surface area contributed by atoms with E-state index in [1.54, 1.807) is 0 Å². The first kappa shape index (κ1) is 17.7. The zero-order valence-corrected chi connectivity index (χ0v) is 17.5. The summed E-state index contributed by atoms with van der Waals surface area (Å²) in [6.45, 7) is 13.1. The lowest BCUT2D eigenvalue weighted by Crippen LogP contribution is -2.60. The summed E-state index contributed by atoms with van der Waals surface area (Å²) in [4.78, 5) is 17.7. The number of nitrogens with one attached hydrogen (secondary N) is 2. The predicted octanol–water partition coefficient (Wildman–Crippen LogP) is 2.09. The van der Waals surface area contributed by atoms with Crippen molar-refractivity contribution in [2.45, 2.75) is 45.4 Å². The number of aromatic nitrogens is 2. The number of carbonyl (C=O) groups is 1. The summed E-state index contributed by atoms with van der Waals surface area (Å²) < 4.78 is 2.16. The lowest BCUT2D eigenvalue weighted by molar-refractivity contribution is -0.138. The maximum Gasteiger partial charge on any atom is 0.224 e. The number of amides is 1. The van der Waals surface area contributed by atoms with Gasteiger partial charge in [0.2, 0.25) is 5.91 Å². The minimum Gasteiger partial charge on any atom is -0.344 e. The van der Waals surface area contributed by atoms with Gasteiger partial charge in [0.05, 0.1) is 25.3 Å². The lowest BCUT2D eigenvalue weighted by atomic mass is 9.61. The van der Waals surface area contributed by atoms with Crippen LogP contribution in [0.2, 0.25) is 19.6 Å². The van der Waals surface area contributed by atoms with Crippen molar-refractivity contribution in [1.82, 2.24) is 20.0 Å². The number of fused-ring (bicyclic) bond motifs is 3. The topological polar surface area (TPSA) is 58.4 Å². The van der Waals surface area contributed by atoms with Crippen LogP contribution in [-0.2, 0) is 10.3 Å². The van der Waals surface area contributed by atoms with Gasteiger partial charge in [-0.3, -0.25) is 4.79 Å². The maximum atomic E-state index is 12.9. The van der Waals surface area contributed by atoms with E-state index in [1.807, 2.05) is 6.20 Å². The molecule has 1 saturated carbocycles. The van der Waals surface area contributed by atoms with Crippen molar-refractivity contribution in [3.05, 3.63) is 30.4 Å². The van der Waals surface area contributed by atoms with Crippen molar-refractivity contribution >= 4 is 24.7 Å². The molecular formula is C20H30N4OSi. The van der Waals surface area contributed by atoms with Crippen molar-refractivity contribution in [2.24, 2.45) is 17.8 Å². The number of pyridine rings is 1. The lowest BCUT2D eigenvalue weighted by Gasteiger charge is -2.49. The number of carbonyl (C=O) groups excluding carboxylic acids is 1.